The summed E-state index contributed by atoms with van der Waals surface area (Å²) >= 11 is 0. The molecule has 0 heterocycles. The first-order chi connectivity index (χ1) is 15.4. The maximum Gasteiger partial charge on any atom is 0.255 e. The Hall–Kier alpha value is -3.11. The Labute approximate surface area is 191 Å². The van der Waals surface area contributed by atoms with E-state index in [9.17, 15) is 4.79 Å². The molecule has 166 valence electrons. The number of nitrogens with one attached hydrogen (secondary N) is 1. The number of carbonyl (C=O) groups is 1. The molecule has 0 saturated heterocycles. The van der Waals surface area contributed by atoms with Crippen LogP contribution in [0, 0.1) is 5.92 Å². The maximum absolute atomic E-state index is 12.8. The molecule has 1 aliphatic rings. The molecule has 0 aliphatic heterocycles. The van der Waals surface area contributed by atoms with Gasteiger partial charge in [0.25, 0.3) is 5.91 Å². The summed E-state index contributed by atoms with van der Waals surface area (Å²) in [6.07, 6.45) is 3.41. The number of fused-ring (bicyclic) bond motifs is 1. The Bertz CT molecular complexity index is 1070. The second-order valence-corrected chi connectivity index (χ2v) is 9.33. The molecule has 3 aromatic carbocycles. The predicted molar refractivity (Wildman–Crippen MR) is 135 cm³/mol. The van der Waals surface area contributed by atoms with Crippen molar-refractivity contribution in [2.75, 3.05) is 45.0 Å². The molecule has 0 bridgehead atoms. The van der Waals surface area contributed by atoms with E-state index in [1.54, 1.807) is 0 Å². The largest absolute Gasteiger partial charge is 0.378 e. The van der Waals surface area contributed by atoms with Gasteiger partial charge >= 0.3 is 0 Å². The summed E-state index contributed by atoms with van der Waals surface area (Å²) in [6, 6.07) is 22.6. The zero-order valence-electron chi connectivity index (χ0n) is 19.6. The molecule has 1 unspecified atom stereocenters. The third-order valence-electron chi connectivity index (χ3n) is 6.28. The first kappa shape index (κ1) is 22.1. The molecule has 4 heteroatoms. The molecule has 1 aliphatic carbocycles. The average molecular weight is 428 g/mol. The highest BCUT2D eigenvalue weighted by Gasteiger charge is 2.19. The van der Waals surface area contributed by atoms with Gasteiger partial charge in [-0.25, -0.2) is 0 Å². The van der Waals surface area contributed by atoms with Crippen LogP contribution in [0.4, 0.5) is 11.4 Å². The number of benzene rings is 3. The smallest absolute Gasteiger partial charge is 0.255 e. The molecule has 1 amide bonds. The summed E-state index contributed by atoms with van der Waals surface area (Å²) < 4.78 is 0. The van der Waals surface area contributed by atoms with E-state index < -0.39 is 0 Å². The molecule has 0 fully saturated rings. The van der Waals surface area contributed by atoms with E-state index in [-0.39, 0.29) is 5.91 Å². The fourth-order valence-corrected chi connectivity index (χ4v) is 4.55. The standard InChI is InChI=1S/C28H33N3O/c1-30(2)19-20-5-6-25-18-26(14-11-24(25)17-20)29-28(32)23-9-7-21(8-10-23)22-12-15-27(16-13-22)31(3)4/h7-16,18,20H,5-6,17,19H2,1-4H3,(H,29,32). The van der Waals surface area contributed by atoms with Crippen LogP contribution in [0.25, 0.3) is 11.1 Å². The van der Waals surface area contributed by atoms with Gasteiger partial charge < -0.3 is 15.1 Å². The summed E-state index contributed by atoms with van der Waals surface area (Å²) in [6.45, 7) is 1.13. The molecule has 3 aromatic rings. The highest BCUT2D eigenvalue weighted by molar-refractivity contribution is 6.04. The van der Waals surface area contributed by atoms with Crippen molar-refractivity contribution < 1.29 is 4.79 Å². The lowest BCUT2D eigenvalue weighted by molar-refractivity contribution is 0.102. The monoisotopic (exact) mass is 427 g/mol. The Balaban J connectivity index is 1.41. The van der Waals surface area contributed by atoms with E-state index in [0.717, 1.165) is 42.1 Å². The topological polar surface area (TPSA) is 35.6 Å². The molecular weight excluding hydrogens is 394 g/mol. The van der Waals surface area contributed by atoms with Crippen LogP contribution >= 0.6 is 0 Å². The summed E-state index contributed by atoms with van der Waals surface area (Å²) in [4.78, 5) is 17.2. The number of rotatable bonds is 6. The van der Waals surface area contributed by atoms with Crippen LogP contribution in [0.15, 0.2) is 66.7 Å². The van der Waals surface area contributed by atoms with Crippen LogP contribution < -0.4 is 10.2 Å². The summed E-state index contributed by atoms with van der Waals surface area (Å²) in [5, 5.41) is 3.08. The highest BCUT2D eigenvalue weighted by Crippen LogP contribution is 2.29. The lowest BCUT2D eigenvalue weighted by Gasteiger charge is -2.27. The van der Waals surface area contributed by atoms with Crippen molar-refractivity contribution in [2.45, 2.75) is 19.3 Å². The molecule has 0 saturated carbocycles. The third kappa shape index (κ3) is 5.20. The fourth-order valence-electron chi connectivity index (χ4n) is 4.55. The second-order valence-electron chi connectivity index (χ2n) is 9.33. The molecular formula is C28H33N3O. The Kier molecular flexibility index (Phi) is 6.61. The quantitative estimate of drug-likeness (QED) is 0.577. The minimum Gasteiger partial charge on any atom is -0.378 e. The zero-order chi connectivity index (χ0) is 22.7. The van der Waals surface area contributed by atoms with Gasteiger partial charge in [-0.05, 0) is 97.9 Å². The molecule has 1 N–H and O–H groups in total. The van der Waals surface area contributed by atoms with Gasteiger partial charge in [0.2, 0.25) is 0 Å². The first-order valence-electron chi connectivity index (χ1n) is 11.3. The van der Waals surface area contributed by atoms with Crippen molar-refractivity contribution in [3.63, 3.8) is 0 Å². The Morgan fingerprint density at radius 2 is 1.53 bits per heavy atom. The number of anilines is 2. The van der Waals surface area contributed by atoms with Gasteiger partial charge in [0.1, 0.15) is 0 Å². The van der Waals surface area contributed by atoms with E-state index in [1.165, 1.54) is 23.2 Å². The lowest BCUT2D eigenvalue weighted by atomic mass is 9.83. The van der Waals surface area contributed by atoms with E-state index in [4.69, 9.17) is 0 Å². The third-order valence-corrected chi connectivity index (χ3v) is 6.28. The Morgan fingerprint density at radius 1 is 0.875 bits per heavy atom. The first-order valence-corrected chi connectivity index (χ1v) is 11.3. The van der Waals surface area contributed by atoms with Crippen molar-refractivity contribution in [1.29, 1.82) is 0 Å². The number of carbonyl (C=O) groups excluding carboxylic acids is 1. The van der Waals surface area contributed by atoms with Gasteiger partial charge in [0.15, 0.2) is 0 Å². The molecule has 1 atom stereocenters. The maximum atomic E-state index is 12.8. The van der Waals surface area contributed by atoms with E-state index in [2.05, 4.69) is 65.6 Å². The van der Waals surface area contributed by atoms with Crippen LogP contribution in [-0.2, 0) is 12.8 Å². The molecule has 0 radical (unpaired) electrons. The number of hydrogen-bond donors (Lipinski definition) is 1. The summed E-state index contributed by atoms with van der Waals surface area (Å²) in [5.74, 6) is 0.649. The SMILES string of the molecule is CN(C)CC1CCc2cc(NC(=O)c3ccc(-c4ccc(N(C)C)cc4)cc3)ccc2C1. The number of aryl methyl sites for hydroxylation is 1. The number of hydrogen-bond acceptors (Lipinski definition) is 3. The van der Waals surface area contributed by atoms with Crippen molar-refractivity contribution in [1.82, 2.24) is 4.90 Å². The van der Waals surface area contributed by atoms with Gasteiger partial charge in [-0.2, -0.15) is 0 Å². The molecule has 32 heavy (non-hydrogen) atoms. The van der Waals surface area contributed by atoms with Gasteiger partial charge in [0, 0.05) is 37.6 Å². The van der Waals surface area contributed by atoms with Gasteiger partial charge in [0.05, 0.1) is 0 Å². The molecule has 4 rings (SSSR count). The van der Waals surface area contributed by atoms with Crippen molar-refractivity contribution in [3.8, 4) is 11.1 Å². The van der Waals surface area contributed by atoms with Crippen LogP contribution in [0.2, 0.25) is 0 Å². The lowest BCUT2D eigenvalue weighted by Crippen LogP contribution is -2.26. The zero-order valence-corrected chi connectivity index (χ0v) is 19.6. The van der Waals surface area contributed by atoms with Crippen molar-refractivity contribution in [2.24, 2.45) is 5.92 Å². The van der Waals surface area contributed by atoms with Gasteiger partial charge in [-0.1, -0.05) is 30.3 Å². The number of nitrogens with zero attached hydrogens (tertiary/aromatic N) is 2. The minimum atomic E-state index is -0.0688. The van der Waals surface area contributed by atoms with Crippen molar-refractivity contribution >= 4 is 17.3 Å². The summed E-state index contributed by atoms with van der Waals surface area (Å²) in [5.41, 5.74) is 7.76. The Morgan fingerprint density at radius 3 is 2.16 bits per heavy atom. The minimum absolute atomic E-state index is 0.0688. The van der Waals surface area contributed by atoms with E-state index in [0.29, 0.717) is 5.56 Å². The average Bonchev–Trinajstić information content (AvgIpc) is 2.79. The molecule has 0 aromatic heterocycles. The van der Waals surface area contributed by atoms with Gasteiger partial charge in [-0.3, -0.25) is 4.79 Å². The second kappa shape index (κ2) is 9.58. The van der Waals surface area contributed by atoms with Crippen LogP contribution in [-0.4, -0.2) is 45.5 Å². The van der Waals surface area contributed by atoms with E-state index >= 15 is 0 Å². The number of amides is 1. The van der Waals surface area contributed by atoms with Crippen LogP contribution in [0.5, 0.6) is 0 Å². The van der Waals surface area contributed by atoms with Crippen LogP contribution in [0.1, 0.15) is 27.9 Å². The van der Waals surface area contributed by atoms with Gasteiger partial charge in [-0.15, -0.1) is 0 Å². The molecule has 0 spiro atoms. The molecule has 4 nitrogen and oxygen atoms in total. The summed E-state index contributed by atoms with van der Waals surface area (Å²) in [7, 11) is 8.35. The van der Waals surface area contributed by atoms with E-state index in [1.807, 2.05) is 44.4 Å². The van der Waals surface area contributed by atoms with Crippen LogP contribution in [0.3, 0.4) is 0 Å². The van der Waals surface area contributed by atoms with Crippen molar-refractivity contribution in [3.05, 3.63) is 83.4 Å². The predicted octanol–water partition coefficient (Wildman–Crippen LogP) is 5.34. The normalized spacial score (nSPS) is 15.3. The fraction of sp³-hybridized carbons (Fsp3) is 0.321. The highest BCUT2D eigenvalue weighted by atomic mass is 16.1.